The highest BCUT2D eigenvalue weighted by molar-refractivity contribution is 7.70. The van der Waals surface area contributed by atoms with Crippen molar-refractivity contribution in [3.8, 4) is 16.9 Å². The number of aryl methyl sites for hydroxylation is 1. The number of hydrogen-bond donors (Lipinski definition) is 0. The van der Waals surface area contributed by atoms with Crippen LogP contribution in [0.3, 0.4) is 0 Å². The second-order valence-corrected chi connectivity index (χ2v) is 14.1. The number of hydrogen-bond acceptors (Lipinski definition) is 7. The van der Waals surface area contributed by atoms with Gasteiger partial charge < -0.3 is 14.4 Å². The molecule has 0 radical (unpaired) electrons. The molecule has 4 aromatic rings. The van der Waals surface area contributed by atoms with E-state index >= 15 is 4.39 Å². The molecule has 1 aliphatic heterocycles. The Morgan fingerprint density at radius 3 is 2.55 bits per heavy atom. The highest BCUT2D eigenvalue weighted by Crippen LogP contribution is 2.39. The third kappa shape index (κ3) is 5.12. The zero-order valence-electron chi connectivity index (χ0n) is 23.4. The van der Waals surface area contributed by atoms with Gasteiger partial charge in [-0.25, -0.2) is 23.1 Å². The summed E-state index contributed by atoms with van der Waals surface area (Å²) in [4.78, 5) is 42.8. The van der Waals surface area contributed by atoms with E-state index in [1.165, 1.54) is 24.4 Å². The molecule has 0 saturated carbocycles. The Morgan fingerprint density at radius 2 is 1.90 bits per heavy atom. The summed E-state index contributed by atoms with van der Waals surface area (Å²) in [5, 5.41) is 0.454. The van der Waals surface area contributed by atoms with Crippen molar-refractivity contribution in [1.82, 2.24) is 24.4 Å². The topological polar surface area (TPSA) is 101 Å². The van der Waals surface area contributed by atoms with Gasteiger partial charge in [0.15, 0.2) is 11.5 Å². The third-order valence-electron chi connectivity index (χ3n) is 7.28. The van der Waals surface area contributed by atoms with Gasteiger partial charge in [-0.15, -0.1) is 0 Å². The van der Waals surface area contributed by atoms with Crippen LogP contribution in [-0.4, -0.2) is 69.3 Å². The summed E-state index contributed by atoms with van der Waals surface area (Å²) in [5.74, 6) is -1.74. The molecule has 0 unspecified atom stereocenters. The number of carbonyl (C=O) groups is 1. The smallest absolute Gasteiger partial charge is 0.350 e. The molecule has 42 heavy (non-hydrogen) atoms. The molecule has 0 bridgehead atoms. The van der Waals surface area contributed by atoms with Crippen LogP contribution in [0.15, 0.2) is 54.0 Å². The van der Waals surface area contributed by atoms with Crippen molar-refractivity contribution in [2.45, 2.75) is 19.9 Å². The monoisotopic (exact) mass is 612 g/mol. The van der Waals surface area contributed by atoms with Crippen molar-refractivity contribution in [3.63, 3.8) is 0 Å². The molecular formula is C29H28ClF2N6O3P. The quantitative estimate of drug-likeness (QED) is 0.241. The van der Waals surface area contributed by atoms with E-state index in [-0.39, 0.29) is 45.1 Å². The van der Waals surface area contributed by atoms with E-state index in [1.54, 1.807) is 36.1 Å². The van der Waals surface area contributed by atoms with Gasteiger partial charge in [-0.1, -0.05) is 24.2 Å². The van der Waals surface area contributed by atoms with E-state index in [4.69, 9.17) is 11.6 Å². The first kappa shape index (κ1) is 29.5. The summed E-state index contributed by atoms with van der Waals surface area (Å²) >= 11 is 6.29. The van der Waals surface area contributed by atoms with Crippen molar-refractivity contribution >= 4 is 46.8 Å². The molecule has 1 saturated heterocycles. The van der Waals surface area contributed by atoms with Crippen LogP contribution in [0.4, 0.5) is 14.6 Å². The van der Waals surface area contributed by atoms with Crippen LogP contribution in [0.1, 0.15) is 12.6 Å². The van der Waals surface area contributed by atoms with Crippen molar-refractivity contribution in [2.24, 2.45) is 0 Å². The maximum Gasteiger partial charge on any atom is 0.355 e. The zero-order valence-corrected chi connectivity index (χ0v) is 25.1. The lowest BCUT2D eigenvalue weighted by molar-refractivity contribution is -0.126. The van der Waals surface area contributed by atoms with E-state index in [9.17, 15) is 18.5 Å². The van der Waals surface area contributed by atoms with Crippen LogP contribution >= 0.6 is 18.7 Å². The Bertz CT molecular complexity index is 1850. The molecule has 1 aliphatic rings. The minimum atomic E-state index is -2.98. The number of benzene rings is 1. The molecular weight excluding hydrogens is 585 g/mol. The van der Waals surface area contributed by atoms with Crippen LogP contribution in [0.2, 0.25) is 5.02 Å². The molecule has 4 heterocycles. The molecule has 1 amide bonds. The molecule has 13 heteroatoms. The first-order valence-electron chi connectivity index (χ1n) is 13.1. The van der Waals surface area contributed by atoms with Crippen molar-refractivity contribution in [3.05, 3.63) is 82.0 Å². The molecule has 5 rings (SSSR count). The van der Waals surface area contributed by atoms with Gasteiger partial charge in [0.25, 0.3) is 0 Å². The number of amides is 1. The van der Waals surface area contributed by atoms with Gasteiger partial charge in [-0.2, -0.15) is 4.98 Å². The summed E-state index contributed by atoms with van der Waals surface area (Å²) in [7, 11) is -2.98. The lowest BCUT2D eigenvalue weighted by Crippen LogP contribution is -2.54. The SMILES string of the molecule is C=CC(=O)N1CCN(c2nc(=O)n(-c3c(P(C)(C)=O)ccnc3C)c3nc(-c4c(F)cccc4Cl)c(F)cc23)[C@@H](C)C1. The van der Waals surface area contributed by atoms with Crippen molar-refractivity contribution in [2.75, 3.05) is 37.9 Å². The maximum absolute atomic E-state index is 15.9. The predicted molar refractivity (Wildman–Crippen MR) is 161 cm³/mol. The number of anilines is 1. The zero-order chi connectivity index (χ0) is 30.5. The summed E-state index contributed by atoms with van der Waals surface area (Å²) < 4.78 is 45.4. The van der Waals surface area contributed by atoms with Gasteiger partial charge in [0.05, 0.1) is 27.4 Å². The standard InChI is InChI=1S/C29H28ClF2N6O3P/c1-6-23(39)36-12-13-37(16(2)15-36)27-18-14-21(32)25(24-19(30)8-7-9-20(24)31)34-28(18)38(29(40)35-27)26-17(3)33-11-10-22(26)42(4,5)41/h6-11,14,16H,1,12-13,15H2,2-5H3/t16-/m0/s1. The number of carbonyl (C=O) groups excluding carboxylic acids is 1. The number of fused-ring (bicyclic) bond motifs is 1. The Kier molecular flexibility index (Phi) is 7.76. The van der Waals surface area contributed by atoms with Gasteiger partial charge >= 0.3 is 5.69 Å². The summed E-state index contributed by atoms with van der Waals surface area (Å²) in [6, 6.07) is 6.34. The number of nitrogens with zero attached hydrogens (tertiary/aromatic N) is 6. The average molecular weight is 613 g/mol. The van der Waals surface area contributed by atoms with E-state index in [0.717, 1.165) is 16.7 Å². The lowest BCUT2D eigenvalue weighted by Gasteiger charge is -2.40. The second-order valence-electron chi connectivity index (χ2n) is 10.5. The third-order valence-corrected chi connectivity index (χ3v) is 9.11. The van der Waals surface area contributed by atoms with Crippen LogP contribution in [-0.2, 0) is 9.36 Å². The summed E-state index contributed by atoms with van der Waals surface area (Å²) in [6.07, 6.45) is 2.73. The first-order chi connectivity index (χ1) is 19.8. The van der Waals surface area contributed by atoms with Crippen LogP contribution in [0.5, 0.6) is 0 Å². The molecule has 1 atom stereocenters. The van der Waals surface area contributed by atoms with Gasteiger partial charge in [-0.05, 0) is 57.5 Å². The van der Waals surface area contributed by atoms with Crippen LogP contribution < -0.4 is 15.9 Å². The molecule has 0 spiro atoms. The normalized spacial score (nSPS) is 15.7. The average Bonchev–Trinajstić information content (AvgIpc) is 2.92. The van der Waals surface area contributed by atoms with Crippen LogP contribution in [0.25, 0.3) is 28.0 Å². The Morgan fingerprint density at radius 1 is 1.17 bits per heavy atom. The van der Waals surface area contributed by atoms with E-state index in [0.29, 0.717) is 30.6 Å². The first-order valence-corrected chi connectivity index (χ1v) is 16.1. The van der Waals surface area contributed by atoms with E-state index < -0.39 is 30.2 Å². The van der Waals surface area contributed by atoms with Gasteiger partial charge in [-0.3, -0.25) is 9.78 Å². The number of halogens is 3. The second kappa shape index (κ2) is 11.0. The molecule has 3 aromatic heterocycles. The van der Waals surface area contributed by atoms with Gasteiger partial charge in [0.2, 0.25) is 5.91 Å². The van der Waals surface area contributed by atoms with Crippen molar-refractivity contribution < 1.29 is 18.1 Å². The highest BCUT2D eigenvalue weighted by atomic mass is 35.5. The van der Waals surface area contributed by atoms with E-state index in [2.05, 4.69) is 21.5 Å². The minimum Gasteiger partial charge on any atom is -0.350 e. The fourth-order valence-corrected chi connectivity index (χ4v) is 6.73. The van der Waals surface area contributed by atoms with Crippen LogP contribution in [0, 0.1) is 18.6 Å². The molecule has 9 nitrogen and oxygen atoms in total. The Labute approximate surface area is 245 Å². The summed E-state index contributed by atoms with van der Waals surface area (Å²) in [6.45, 7) is 11.1. The summed E-state index contributed by atoms with van der Waals surface area (Å²) in [5.41, 5.74) is -0.895. The fraction of sp³-hybridized carbons (Fsp3) is 0.276. The van der Waals surface area contributed by atoms with Crippen molar-refractivity contribution in [1.29, 1.82) is 0 Å². The molecule has 1 fully saturated rings. The number of piperazine rings is 1. The molecule has 1 aromatic carbocycles. The lowest BCUT2D eigenvalue weighted by atomic mass is 10.1. The minimum absolute atomic E-state index is 0.0386. The largest absolute Gasteiger partial charge is 0.355 e. The number of rotatable bonds is 5. The Balaban J connectivity index is 1.86. The highest BCUT2D eigenvalue weighted by Gasteiger charge is 2.31. The molecule has 0 N–H and O–H groups in total. The predicted octanol–water partition coefficient (Wildman–Crippen LogP) is 4.55. The van der Waals surface area contributed by atoms with Gasteiger partial charge in [0.1, 0.15) is 24.5 Å². The fourth-order valence-electron chi connectivity index (χ4n) is 5.28. The Hall–Kier alpha value is -3.95. The number of aromatic nitrogens is 4. The molecule has 0 aliphatic carbocycles. The molecule has 218 valence electrons. The van der Waals surface area contributed by atoms with E-state index in [1.807, 2.05) is 6.92 Å². The van der Waals surface area contributed by atoms with Gasteiger partial charge in [0, 0.05) is 37.2 Å². The maximum atomic E-state index is 15.9. The number of pyridine rings is 2.